The summed E-state index contributed by atoms with van der Waals surface area (Å²) in [5.74, 6) is 0.459. The zero-order valence-electron chi connectivity index (χ0n) is 14.4. The van der Waals surface area contributed by atoms with Crippen molar-refractivity contribution < 1.29 is 10.2 Å². The number of thiocarbonyl (C=S) groups is 1. The van der Waals surface area contributed by atoms with Gasteiger partial charge in [-0.1, -0.05) is 26.0 Å². The molecule has 0 radical (unpaired) electrons. The zero-order valence-corrected chi connectivity index (χ0v) is 15.3. The lowest BCUT2D eigenvalue weighted by Gasteiger charge is -2.10. The van der Waals surface area contributed by atoms with Crippen LogP contribution in [0.2, 0.25) is 0 Å². The first-order valence-electron chi connectivity index (χ1n) is 7.90. The van der Waals surface area contributed by atoms with E-state index in [-0.39, 0.29) is 12.4 Å². The molecular weight excluding hydrogens is 336 g/mol. The van der Waals surface area contributed by atoms with Crippen molar-refractivity contribution in [1.29, 1.82) is 0 Å². The van der Waals surface area contributed by atoms with Crippen molar-refractivity contribution in [2.45, 2.75) is 33.3 Å². The quantitative estimate of drug-likeness (QED) is 0.373. The number of pyridine rings is 1. The average molecular weight is 358 g/mol. The van der Waals surface area contributed by atoms with Gasteiger partial charge in [0.05, 0.1) is 18.5 Å². The van der Waals surface area contributed by atoms with Gasteiger partial charge in [-0.25, -0.2) is 0 Å². The molecule has 1 aromatic carbocycles. The number of nitrogens with one attached hydrogen (secondary N) is 2. The van der Waals surface area contributed by atoms with Gasteiger partial charge in [-0.15, -0.1) is 0 Å². The van der Waals surface area contributed by atoms with E-state index in [0.717, 1.165) is 5.69 Å². The molecule has 0 aliphatic heterocycles. The highest BCUT2D eigenvalue weighted by Gasteiger charge is 2.09. The lowest BCUT2D eigenvalue weighted by molar-refractivity contribution is 0.280. The van der Waals surface area contributed by atoms with Gasteiger partial charge in [-0.2, -0.15) is 5.10 Å². The fourth-order valence-corrected chi connectivity index (χ4v) is 2.36. The number of hydrogen-bond acceptors (Lipinski definition) is 5. The summed E-state index contributed by atoms with van der Waals surface area (Å²) in [7, 11) is 0. The van der Waals surface area contributed by atoms with Gasteiger partial charge in [0, 0.05) is 23.0 Å². The van der Waals surface area contributed by atoms with Crippen molar-refractivity contribution >= 4 is 29.2 Å². The molecule has 1 heterocycles. The largest absolute Gasteiger partial charge is 0.505 e. The number of rotatable bonds is 5. The minimum atomic E-state index is -0.243. The summed E-state index contributed by atoms with van der Waals surface area (Å²) >= 11 is 5.20. The number of anilines is 1. The maximum Gasteiger partial charge on any atom is 0.191 e. The first-order chi connectivity index (χ1) is 11.9. The molecule has 0 spiro atoms. The van der Waals surface area contributed by atoms with E-state index in [9.17, 15) is 10.2 Å². The second-order valence-corrected chi connectivity index (χ2v) is 6.30. The van der Waals surface area contributed by atoms with Crippen LogP contribution in [0.4, 0.5) is 5.69 Å². The molecule has 4 N–H and O–H groups in total. The highest BCUT2D eigenvalue weighted by Crippen LogP contribution is 2.21. The van der Waals surface area contributed by atoms with E-state index < -0.39 is 0 Å². The van der Waals surface area contributed by atoms with Crippen molar-refractivity contribution in [1.82, 2.24) is 10.4 Å². The van der Waals surface area contributed by atoms with Gasteiger partial charge in [0.25, 0.3) is 0 Å². The smallest absolute Gasteiger partial charge is 0.191 e. The second-order valence-electron chi connectivity index (χ2n) is 5.89. The molecule has 7 heteroatoms. The molecular formula is C18H22N4O2S. The molecule has 0 fully saturated rings. The molecule has 0 unspecified atom stereocenters. The van der Waals surface area contributed by atoms with Crippen LogP contribution >= 0.6 is 12.2 Å². The number of aromatic hydroxyl groups is 1. The maximum atomic E-state index is 10.0. The first-order valence-corrected chi connectivity index (χ1v) is 8.31. The Labute approximate surface area is 152 Å². The number of aryl methyl sites for hydroxylation is 1. The van der Waals surface area contributed by atoms with Crippen molar-refractivity contribution in [3.05, 3.63) is 52.8 Å². The lowest BCUT2D eigenvalue weighted by atomic mass is 10.0. The topological polar surface area (TPSA) is 89.8 Å². The van der Waals surface area contributed by atoms with Crippen LogP contribution in [0.5, 0.6) is 5.75 Å². The van der Waals surface area contributed by atoms with Crippen LogP contribution < -0.4 is 10.7 Å². The SMILES string of the molecule is Cc1ncc(CO)c(/C=N\NC(=S)Nc2ccc(C(C)C)cc2)c1O. The van der Waals surface area contributed by atoms with Gasteiger partial charge >= 0.3 is 0 Å². The van der Waals surface area contributed by atoms with E-state index >= 15 is 0 Å². The van der Waals surface area contributed by atoms with E-state index in [2.05, 4.69) is 34.7 Å². The number of aliphatic hydroxyl groups is 1. The van der Waals surface area contributed by atoms with Crippen molar-refractivity contribution in [3.8, 4) is 5.75 Å². The Morgan fingerprint density at radius 3 is 2.60 bits per heavy atom. The van der Waals surface area contributed by atoms with Crippen molar-refractivity contribution in [3.63, 3.8) is 0 Å². The molecule has 0 amide bonds. The van der Waals surface area contributed by atoms with Crippen LogP contribution in [0.1, 0.15) is 42.1 Å². The predicted molar refractivity (Wildman–Crippen MR) is 104 cm³/mol. The van der Waals surface area contributed by atoms with Gasteiger partial charge in [0.15, 0.2) is 5.11 Å². The molecule has 2 rings (SSSR count). The molecule has 1 aromatic heterocycles. The second kappa shape index (κ2) is 8.55. The Balaban J connectivity index is 2.00. The summed E-state index contributed by atoms with van der Waals surface area (Å²) in [5.41, 5.74) is 6.16. The predicted octanol–water partition coefficient (Wildman–Crippen LogP) is 3.03. The molecule has 132 valence electrons. The van der Waals surface area contributed by atoms with Gasteiger partial charge in [-0.3, -0.25) is 10.4 Å². The highest BCUT2D eigenvalue weighted by molar-refractivity contribution is 7.80. The Bertz CT molecular complexity index is 773. The molecule has 0 atom stereocenters. The molecule has 25 heavy (non-hydrogen) atoms. The Morgan fingerprint density at radius 2 is 2.00 bits per heavy atom. The molecule has 2 aromatic rings. The minimum Gasteiger partial charge on any atom is -0.505 e. The summed E-state index contributed by atoms with van der Waals surface area (Å²) in [6.45, 7) is 5.71. The third-order valence-corrected chi connectivity index (χ3v) is 3.92. The van der Waals surface area contributed by atoms with E-state index in [1.165, 1.54) is 18.0 Å². The number of aliphatic hydroxyl groups excluding tert-OH is 1. The Kier molecular flexibility index (Phi) is 6.44. The van der Waals surface area contributed by atoms with Crippen molar-refractivity contribution in [2.24, 2.45) is 5.10 Å². The van der Waals surface area contributed by atoms with E-state index in [0.29, 0.717) is 27.9 Å². The molecule has 0 aliphatic rings. The Morgan fingerprint density at radius 1 is 1.32 bits per heavy atom. The monoisotopic (exact) mass is 358 g/mol. The number of aromatic nitrogens is 1. The van der Waals surface area contributed by atoms with E-state index in [1.807, 2.05) is 24.3 Å². The third kappa shape index (κ3) is 4.98. The standard InChI is InChI=1S/C18H22N4O2S/c1-11(2)13-4-6-15(7-5-13)21-18(25)22-20-9-16-14(10-23)8-19-12(3)17(16)24/h4-9,11,23-24H,10H2,1-3H3,(H2,21,22,25)/b20-9-. The van der Waals surface area contributed by atoms with Crippen molar-refractivity contribution in [2.75, 3.05) is 5.32 Å². The zero-order chi connectivity index (χ0) is 18.4. The number of hydrogen-bond donors (Lipinski definition) is 4. The van der Waals surface area contributed by atoms with Crippen LogP contribution in [0.3, 0.4) is 0 Å². The molecule has 6 nitrogen and oxygen atoms in total. The number of nitrogens with zero attached hydrogens (tertiary/aromatic N) is 2. The lowest BCUT2D eigenvalue weighted by Crippen LogP contribution is -2.23. The summed E-state index contributed by atoms with van der Waals surface area (Å²) < 4.78 is 0. The van der Waals surface area contributed by atoms with Crippen LogP contribution in [0.15, 0.2) is 35.6 Å². The van der Waals surface area contributed by atoms with Gasteiger partial charge in [-0.05, 0) is 42.8 Å². The highest BCUT2D eigenvalue weighted by atomic mass is 32.1. The molecule has 0 aliphatic carbocycles. The van der Waals surface area contributed by atoms with Crippen LogP contribution in [0.25, 0.3) is 0 Å². The summed E-state index contributed by atoms with van der Waals surface area (Å²) in [6, 6.07) is 8.00. The Hall–Kier alpha value is -2.51. The van der Waals surface area contributed by atoms with Crippen LogP contribution in [-0.2, 0) is 6.61 Å². The van der Waals surface area contributed by atoms with E-state index in [4.69, 9.17) is 12.2 Å². The van der Waals surface area contributed by atoms with Crippen LogP contribution in [-0.4, -0.2) is 26.5 Å². The normalized spacial score (nSPS) is 11.1. The molecule has 0 bridgehead atoms. The third-order valence-electron chi connectivity index (χ3n) is 3.72. The van der Waals surface area contributed by atoms with Gasteiger partial charge in [0.2, 0.25) is 0 Å². The van der Waals surface area contributed by atoms with Crippen LogP contribution in [0, 0.1) is 6.92 Å². The minimum absolute atomic E-state index is 0.0137. The fourth-order valence-electron chi connectivity index (χ4n) is 2.19. The molecule has 0 saturated carbocycles. The van der Waals surface area contributed by atoms with Gasteiger partial charge < -0.3 is 15.5 Å². The van der Waals surface area contributed by atoms with E-state index in [1.54, 1.807) is 6.92 Å². The molecule has 0 saturated heterocycles. The number of hydrazone groups is 1. The average Bonchev–Trinajstić information content (AvgIpc) is 2.59. The van der Waals surface area contributed by atoms with Gasteiger partial charge in [0.1, 0.15) is 5.75 Å². The fraction of sp³-hybridized carbons (Fsp3) is 0.278. The summed E-state index contributed by atoms with van der Waals surface area (Å²) in [4.78, 5) is 4.00. The summed E-state index contributed by atoms with van der Waals surface area (Å²) in [6.07, 6.45) is 2.91. The maximum absolute atomic E-state index is 10.0. The summed E-state index contributed by atoms with van der Waals surface area (Å²) in [5, 5.41) is 26.7. The number of benzene rings is 1. The first kappa shape index (κ1) is 18.8.